The van der Waals surface area contributed by atoms with Crippen molar-refractivity contribution >= 4 is 44.2 Å². The van der Waals surface area contributed by atoms with Crippen LogP contribution in [-0.4, -0.2) is 30.6 Å². The third kappa shape index (κ3) is 3.63. The Balaban J connectivity index is 2.06. The van der Waals surface area contributed by atoms with Crippen molar-refractivity contribution in [2.24, 2.45) is 5.73 Å². The Labute approximate surface area is 119 Å². The van der Waals surface area contributed by atoms with Gasteiger partial charge >= 0.3 is 0 Å². The zero-order valence-electron chi connectivity index (χ0n) is 10.4. The van der Waals surface area contributed by atoms with Crippen molar-refractivity contribution in [1.29, 1.82) is 0 Å². The molecular weight excluding hydrogens is 286 g/mol. The largest absolute Gasteiger partial charge is 0.385 e. The van der Waals surface area contributed by atoms with E-state index in [0.29, 0.717) is 23.2 Å². The average molecular weight is 300 g/mol. The lowest BCUT2D eigenvalue weighted by Crippen LogP contribution is -2.36. The summed E-state index contributed by atoms with van der Waals surface area (Å²) in [5.41, 5.74) is 6.53. The van der Waals surface area contributed by atoms with E-state index in [4.69, 9.17) is 22.1 Å². The summed E-state index contributed by atoms with van der Waals surface area (Å²) in [6, 6.07) is 4.79. The fourth-order valence-corrected chi connectivity index (χ4v) is 2.67. The second-order valence-corrected chi connectivity index (χ2v) is 5.48. The number of methoxy groups -OCH3 is 1. The Morgan fingerprint density at radius 3 is 3.16 bits per heavy atom. The summed E-state index contributed by atoms with van der Waals surface area (Å²) in [5, 5.41) is 3.87. The van der Waals surface area contributed by atoms with Crippen LogP contribution in [0.1, 0.15) is 6.42 Å². The molecule has 102 valence electrons. The maximum Gasteiger partial charge on any atom is 0.243 e. The van der Waals surface area contributed by atoms with E-state index >= 15 is 0 Å². The van der Waals surface area contributed by atoms with Gasteiger partial charge in [0.25, 0.3) is 0 Å². The maximum absolute atomic E-state index is 11.8. The van der Waals surface area contributed by atoms with Crippen molar-refractivity contribution in [3.63, 3.8) is 0 Å². The molecule has 0 spiro atoms. The van der Waals surface area contributed by atoms with E-state index in [-0.39, 0.29) is 5.91 Å². The molecule has 1 aromatic carbocycles. The molecule has 0 aliphatic carbocycles. The molecule has 0 saturated heterocycles. The molecule has 2 rings (SSSR count). The number of anilines is 1. The van der Waals surface area contributed by atoms with Crippen molar-refractivity contribution in [2.75, 3.05) is 19.0 Å². The van der Waals surface area contributed by atoms with Gasteiger partial charge < -0.3 is 15.8 Å². The van der Waals surface area contributed by atoms with Crippen LogP contribution in [0, 0.1) is 0 Å². The van der Waals surface area contributed by atoms with E-state index in [1.54, 1.807) is 13.2 Å². The Bertz CT molecular complexity index is 587. The van der Waals surface area contributed by atoms with Gasteiger partial charge in [-0.05, 0) is 24.6 Å². The summed E-state index contributed by atoms with van der Waals surface area (Å²) in [6.07, 6.45) is 0.471. The quantitative estimate of drug-likeness (QED) is 0.888. The number of carbonyl (C=O) groups is 1. The minimum absolute atomic E-state index is 0.262. The molecule has 0 aliphatic rings. The lowest BCUT2D eigenvalue weighted by Gasteiger charge is -2.09. The van der Waals surface area contributed by atoms with Gasteiger partial charge in [-0.3, -0.25) is 4.79 Å². The Morgan fingerprint density at radius 1 is 1.63 bits per heavy atom. The van der Waals surface area contributed by atoms with Crippen LogP contribution in [0.5, 0.6) is 0 Å². The molecule has 3 N–H and O–H groups in total. The highest BCUT2D eigenvalue weighted by Gasteiger charge is 2.15. The molecular formula is C12H14ClN3O2S. The Morgan fingerprint density at radius 2 is 2.42 bits per heavy atom. The van der Waals surface area contributed by atoms with E-state index in [1.807, 2.05) is 12.1 Å². The standard InChI is InChI=1S/C12H14ClN3O2S/c1-18-5-4-8(14)11(17)16-12-15-9-3-2-7(13)6-10(9)19-12/h2-3,6,8H,4-5,14H2,1H3,(H,15,16,17). The lowest BCUT2D eigenvalue weighted by molar-refractivity contribution is -0.117. The number of hydrogen-bond acceptors (Lipinski definition) is 5. The Kier molecular flexibility index (Phi) is 4.71. The van der Waals surface area contributed by atoms with Gasteiger partial charge in [0.2, 0.25) is 5.91 Å². The molecule has 0 saturated carbocycles. The smallest absolute Gasteiger partial charge is 0.243 e. The van der Waals surface area contributed by atoms with Gasteiger partial charge in [0.15, 0.2) is 5.13 Å². The summed E-state index contributed by atoms with van der Waals surface area (Å²) in [7, 11) is 1.57. The molecule has 1 heterocycles. The number of amides is 1. The van der Waals surface area contributed by atoms with Gasteiger partial charge in [-0.1, -0.05) is 22.9 Å². The lowest BCUT2D eigenvalue weighted by atomic mass is 10.2. The van der Waals surface area contributed by atoms with E-state index in [1.165, 1.54) is 11.3 Å². The normalized spacial score (nSPS) is 12.6. The van der Waals surface area contributed by atoms with Gasteiger partial charge in [-0.15, -0.1) is 0 Å². The van der Waals surface area contributed by atoms with Crippen molar-refractivity contribution < 1.29 is 9.53 Å². The molecule has 1 amide bonds. The minimum atomic E-state index is -0.601. The van der Waals surface area contributed by atoms with Crippen LogP contribution in [0.25, 0.3) is 10.2 Å². The average Bonchev–Trinajstić information content (AvgIpc) is 2.77. The fourth-order valence-electron chi connectivity index (χ4n) is 1.53. The van der Waals surface area contributed by atoms with Crippen molar-refractivity contribution in [3.8, 4) is 0 Å². The highest BCUT2D eigenvalue weighted by Crippen LogP contribution is 2.28. The summed E-state index contributed by atoms with van der Waals surface area (Å²) in [4.78, 5) is 16.1. The molecule has 19 heavy (non-hydrogen) atoms. The minimum Gasteiger partial charge on any atom is -0.385 e. The van der Waals surface area contributed by atoms with Crippen LogP contribution in [0.2, 0.25) is 5.02 Å². The third-order valence-electron chi connectivity index (χ3n) is 2.55. The summed E-state index contributed by atoms with van der Waals surface area (Å²) < 4.78 is 5.81. The molecule has 1 unspecified atom stereocenters. The number of halogens is 1. The van der Waals surface area contributed by atoms with Crippen molar-refractivity contribution in [2.45, 2.75) is 12.5 Å². The second kappa shape index (κ2) is 6.29. The third-order valence-corrected chi connectivity index (χ3v) is 3.72. The van der Waals surface area contributed by atoms with Crippen LogP contribution in [0.4, 0.5) is 5.13 Å². The highest BCUT2D eigenvalue weighted by atomic mass is 35.5. The van der Waals surface area contributed by atoms with Crippen molar-refractivity contribution in [3.05, 3.63) is 23.2 Å². The first-order valence-electron chi connectivity index (χ1n) is 5.71. The number of hydrogen-bond donors (Lipinski definition) is 2. The summed E-state index contributed by atoms with van der Waals surface area (Å²) in [6.45, 7) is 0.448. The maximum atomic E-state index is 11.8. The monoisotopic (exact) mass is 299 g/mol. The highest BCUT2D eigenvalue weighted by molar-refractivity contribution is 7.22. The van der Waals surface area contributed by atoms with Crippen LogP contribution in [0.3, 0.4) is 0 Å². The first kappa shape index (κ1) is 14.2. The molecule has 1 atom stereocenters. The number of nitrogens with one attached hydrogen (secondary N) is 1. The topological polar surface area (TPSA) is 77.2 Å². The number of rotatable bonds is 5. The zero-order chi connectivity index (χ0) is 13.8. The number of aromatic nitrogens is 1. The van der Waals surface area contributed by atoms with E-state index in [9.17, 15) is 4.79 Å². The molecule has 0 fully saturated rings. The van der Waals surface area contributed by atoms with Gasteiger partial charge in [0.05, 0.1) is 16.3 Å². The number of thiazole rings is 1. The number of nitrogens with zero attached hydrogens (tertiary/aromatic N) is 1. The summed E-state index contributed by atoms with van der Waals surface area (Å²) >= 11 is 7.27. The number of fused-ring (bicyclic) bond motifs is 1. The molecule has 0 radical (unpaired) electrons. The first-order chi connectivity index (χ1) is 9.10. The van der Waals surface area contributed by atoms with E-state index < -0.39 is 6.04 Å². The van der Waals surface area contributed by atoms with Gasteiger partial charge in [0.1, 0.15) is 0 Å². The first-order valence-corrected chi connectivity index (χ1v) is 6.91. The SMILES string of the molecule is COCCC(N)C(=O)Nc1nc2ccc(Cl)cc2s1. The number of nitrogens with two attached hydrogens (primary N) is 1. The predicted molar refractivity (Wildman–Crippen MR) is 77.7 cm³/mol. The van der Waals surface area contributed by atoms with Gasteiger partial charge in [-0.2, -0.15) is 0 Å². The van der Waals surface area contributed by atoms with Crippen LogP contribution in [0.15, 0.2) is 18.2 Å². The number of carbonyl (C=O) groups excluding carboxylic acids is 1. The predicted octanol–water partition coefficient (Wildman–Crippen LogP) is 2.25. The second-order valence-electron chi connectivity index (χ2n) is 4.01. The fraction of sp³-hybridized carbons (Fsp3) is 0.333. The zero-order valence-corrected chi connectivity index (χ0v) is 11.9. The molecule has 7 heteroatoms. The van der Waals surface area contributed by atoms with Crippen LogP contribution in [-0.2, 0) is 9.53 Å². The van der Waals surface area contributed by atoms with Crippen LogP contribution < -0.4 is 11.1 Å². The van der Waals surface area contributed by atoms with E-state index in [2.05, 4.69) is 10.3 Å². The van der Waals surface area contributed by atoms with Crippen molar-refractivity contribution in [1.82, 2.24) is 4.98 Å². The number of ether oxygens (including phenoxy) is 1. The summed E-state index contributed by atoms with van der Waals surface area (Å²) in [5.74, 6) is -0.262. The molecule has 0 aliphatic heterocycles. The number of benzene rings is 1. The molecule has 0 bridgehead atoms. The van der Waals surface area contributed by atoms with Gasteiger partial charge in [0, 0.05) is 18.7 Å². The Hall–Kier alpha value is -1.21. The molecule has 1 aromatic heterocycles. The van der Waals surface area contributed by atoms with Gasteiger partial charge in [-0.25, -0.2) is 4.98 Å². The molecule has 5 nitrogen and oxygen atoms in total. The molecule has 2 aromatic rings. The van der Waals surface area contributed by atoms with E-state index in [0.717, 1.165) is 10.2 Å². The van der Waals surface area contributed by atoms with Crippen LogP contribution >= 0.6 is 22.9 Å².